The Hall–Kier alpha value is -3.99. The highest BCUT2D eigenvalue weighted by Crippen LogP contribution is 2.15. The monoisotopic (exact) mass is 427 g/mol. The summed E-state index contributed by atoms with van der Waals surface area (Å²) in [7, 11) is -4.29. The summed E-state index contributed by atoms with van der Waals surface area (Å²) in [6.07, 6.45) is 2.29. The van der Waals surface area contributed by atoms with E-state index < -0.39 is 32.1 Å². The van der Waals surface area contributed by atoms with Gasteiger partial charge < -0.3 is 4.98 Å². The molecule has 0 bridgehead atoms. The number of benzene rings is 2. The fraction of sp³-hybridized carbons (Fsp3) is 0.0526. The lowest BCUT2D eigenvalue weighted by molar-refractivity contribution is 0.0955. The van der Waals surface area contributed by atoms with Crippen LogP contribution in [0.3, 0.4) is 0 Å². The predicted molar refractivity (Wildman–Crippen MR) is 111 cm³/mol. The molecule has 0 spiro atoms. The molecule has 0 saturated heterocycles. The molecule has 0 aliphatic heterocycles. The van der Waals surface area contributed by atoms with Gasteiger partial charge in [0.1, 0.15) is 0 Å². The van der Waals surface area contributed by atoms with Gasteiger partial charge in [-0.3, -0.25) is 19.3 Å². The molecule has 2 aromatic carbocycles. The zero-order chi connectivity index (χ0) is 21.7. The lowest BCUT2D eigenvalue weighted by Gasteiger charge is -2.08. The van der Waals surface area contributed by atoms with Crippen molar-refractivity contribution >= 4 is 27.8 Å². The first-order chi connectivity index (χ1) is 14.3. The Bertz CT molecular complexity index is 1340. The number of aromatic amines is 2. The number of aryl methyl sites for hydroxylation is 1. The topological polar surface area (TPSA) is 153 Å². The number of aromatic nitrogens is 2. The third kappa shape index (κ3) is 4.89. The van der Waals surface area contributed by atoms with E-state index in [1.165, 1.54) is 30.5 Å². The number of anilines is 1. The third-order valence-corrected chi connectivity index (χ3v) is 5.40. The Kier molecular flexibility index (Phi) is 5.93. The highest BCUT2D eigenvalue weighted by molar-refractivity contribution is 7.92. The summed E-state index contributed by atoms with van der Waals surface area (Å²) in [5.74, 6) is -0.553. The number of amides is 1. The number of hydrazone groups is 1. The van der Waals surface area contributed by atoms with Crippen LogP contribution in [0.25, 0.3) is 0 Å². The molecule has 0 fully saturated rings. The largest absolute Gasteiger partial charge is 0.325 e. The highest BCUT2D eigenvalue weighted by atomic mass is 32.2. The SMILES string of the molecule is Cc1ccccc1/C=N/NC(=O)c1cccc(NS(=O)(=O)c2c[nH]c(=O)[nH]c2=O)c1. The Morgan fingerprint density at radius 2 is 1.87 bits per heavy atom. The average molecular weight is 427 g/mol. The van der Waals surface area contributed by atoms with Crippen LogP contribution in [-0.2, 0) is 10.0 Å². The number of nitrogens with zero attached hydrogens (tertiary/aromatic N) is 1. The molecular formula is C19H17N5O5S. The third-order valence-electron chi connectivity index (χ3n) is 4.01. The van der Waals surface area contributed by atoms with Gasteiger partial charge in [-0.05, 0) is 36.2 Å². The van der Waals surface area contributed by atoms with Gasteiger partial charge in [-0.2, -0.15) is 5.10 Å². The van der Waals surface area contributed by atoms with E-state index in [-0.39, 0.29) is 11.3 Å². The van der Waals surface area contributed by atoms with Crippen LogP contribution < -0.4 is 21.4 Å². The van der Waals surface area contributed by atoms with Crippen LogP contribution in [0.1, 0.15) is 21.5 Å². The maximum atomic E-state index is 12.4. The van der Waals surface area contributed by atoms with E-state index in [1.54, 1.807) is 0 Å². The minimum Gasteiger partial charge on any atom is -0.313 e. The van der Waals surface area contributed by atoms with Crippen molar-refractivity contribution in [3.05, 3.63) is 92.3 Å². The molecule has 0 atom stereocenters. The van der Waals surface area contributed by atoms with E-state index in [0.29, 0.717) is 0 Å². The molecule has 3 aromatic rings. The van der Waals surface area contributed by atoms with Gasteiger partial charge in [-0.1, -0.05) is 30.3 Å². The van der Waals surface area contributed by atoms with Gasteiger partial charge in [0.2, 0.25) is 0 Å². The number of hydrogen-bond acceptors (Lipinski definition) is 6. The molecule has 0 saturated carbocycles. The molecule has 0 radical (unpaired) electrons. The second-order valence-electron chi connectivity index (χ2n) is 6.18. The van der Waals surface area contributed by atoms with Crippen LogP contribution in [0.5, 0.6) is 0 Å². The molecule has 30 heavy (non-hydrogen) atoms. The van der Waals surface area contributed by atoms with Crippen LogP contribution in [0.4, 0.5) is 5.69 Å². The normalized spacial score (nSPS) is 11.4. The second-order valence-corrected chi connectivity index (χ2v) is 7.83. The fourth-order valence-corrected chi connectivity index (χ4v) is 3.54. The van der Waals surface area contributed by atoms with Gasteiger partial charge in [0.25, 0.3) is 21.5 Å². The zero-order valence-electron chi connectivity index (χ0n) is 15.7. The molecule has 154 valence electrons. The summed E-state index contributed by atoms with van der Waals surface area (Å²) in [4.78, 5) is 38.4. The number of carbonyl (C=O) groups is 1. The summed E-state index contributed by atoms with van der Waals surface area (Å²) in [6, 6.07) is 13.1. The van der Waals surface area contributed by atoms with Crippen molar-refractivity contribution in [2.24, 2.45) is 5.10 Å². The van der Waals surface area contributed by atoms with E-state index in [4.69, 9.17) is 0 Å². The zero-order valence-corrected chi connectivity index (χ0v) is 16.5. The van der Waals surface area contributed by atoms with E-state index in [9.17, 15) is 22.8 Å². The maximum absolute atomic E-state index is 12.4. The Morgan fingerprint density at radius 3 is 2.60 bits per heavy atom. The van der Waals surface area contributed by atoms with Gasteiger partial charge in [-0.25, -0.2) is 18.6 Å². The van der Waals surface area contributed by atoms with Crippen molar-refractivity contribution in [3.8, 4) is 0 Å². The molecule has 1 aromatic heterocycles. The second kappa shape index (κ2) is 8.57. The van der Waals surface area contributed by atoms with Crippen LogP contribution in [0.2, 0.25) is 0 Å². The van der Waals surface area contributed by atoms with Crippen LogP contribution in [0, 0.1) is 6.92 Å². The number of carbonyl (C=O) groups excluding carboxylic acids is 1. The Labute approximate surface area is 170 Å². The van der Waals surface area contributed by atoms with E-state index in [0.717, 1.165) is 17.3 Å². The molecule has 1 heterocycles. The van der Waals surface area contributed by atoms with Crippen LogP contribution in [0.15, 0.2) is 74.3 Å². The first-order valence-corrected chi connectivity index (χ1v) is 10.1. The number of H-pyrrole nitrogens is 2. The molecule has 11 heteroatoms. The van der Waals surface area contributed by atoms with Gasteiger partial charge in [0.05, 0.1) is 6.21 Å². The van der Waals surface area contributed by atoms with Crippen molar-refractivity contribution in [1.82, 2.24) is 15.4 Å². The molecule has 3 rings (SSSR count). The fourth-order valence-electron chi connectivity index (χ4n) is 2.49. The standard InChI is InChI=1S/C19H17N5O5S/c1-12-5-2-3-6-14(12)10-21-23-17(25)13-7-4-8-15(9-13)24-30(28,29)16-11-20-19(27)22-18(16)26/h2-11,24H,1H3,(H,23,25)(H2,20,22,26,27)/b21-10+. The van der Waals surface area contributed by atoms with Crippen molar-refractivity contribution in [3.63, 3.8) is 0 Å². The molecule has 4 N–H and O–H groups in total. The average Bonchev–Trinajstić information content (AvgIpc) is 2.69. The number of sulfonamides is 1. The van der Waals surface area contributed by atoms with E-state index in [2.05, 4.69) is 20.2 Å². The number of nitrogens with one attached hydrogen (secondary N) is 4. The van der Waals surface area contributed by atoms with Gasteiger partial charge in [-0.15, -0.1) is 0 Å². The lowest BCUT2D eigenvalue weighted by atomic mass is 10.1. The Balaban J connectivity index is 1.75. The first kappa shape index (κ1) is 20.7. The summed E-state index contributed by atoms with van der Waals surface area (Å²) in [5, 5.41) is 3.91. The summed E-state index contributed by atoms with van der Waals surface area (Å²) < 4.78 is 27.0. The summed E-state index contributed by atoms with van der Waals surface area (Å²) in [5.41, 5.74) is 2.50. The van der Waals surface area contributed by atoms with Gasteiger partial charge in [0, 0.05) is 17.4 Å². The molecule has 1 amide bonds. The summed E-state index contributed by atoms with van der Waals surface area (Å²) in [6.45, 7) is 1.91. The lowest BCUT2D eigenvalue weighted by Crippen LogP contribution is -2.29. The molecule has 0 aliphatic rings. The Morgan fingerprint density at radius 1 is 1.10 bits per heavy atom. The van der Waals surface area contributed by atoms with Gasteiger partial charge in [0.15, 0.2) is 4.90 Å². The molecule has 0 unspecified atom stereocenters. The van der Waals surface area contributed by atoms with Crippen LogP contribution >= 0.6 is 0 Å². The smallest absolute Gasteiger partial charge is 0.313 e. The van der Waals surface area contributed by atoms with Crippen molar-refractivity contribution in [2.45, 2.75) is 11.8 Å². The molecular weight excluding hydrogens is 410 g/mol. The molecule has 10 nitrogen and oxygen atoms in total. The molecule has 0 aliphatic carbocycles. The van der Waals surface area contributed by atoms with Crippen LogP contribution in [-0.4, -0.2) is 30.5 Å². The number of rotatable bonds is 6. The van der Waals surface area contributed by atoms with Crippen molar-refractivity contribution in [1.29, 1.82) is 0 Å². The summed E-state index contributed by atoms with van der Waals surface area (Å²) >= 11 is 0. The minimum atomic E-state index is -4.29. The first-order valence-electron chi connectivity index (χ1n) is 8.60. The maximum Gasteiger partial charge on any atom is 0.325 e. The van der Waals surface area contributed by atoms with Crippen molar-refractivity contribution < 1.29 is 13.2 Å². The van der Waals surface area contributed by atoms with E-state index >= 15 is 0 Å². The number of hydrogen-bond donors (Lipinski definition) is 4. The quantitative estimate of drug-likeness (QED) is 0.341. The highest BCUT2D eigenvalue weighted by Gasteiger charge is 2.19. The van der Waals surface area contributed by atoms with Crippen molar-refractivity contribution in [2.75, 3.05) is 4.72 Å². The predicted octanol–water partition coefficient (Wildman–Crippen LogP) is 0.936. The van der Waals surface area contributed by atoms with Gasteiger partial charge >= 0.3 is 5.69 Å². The van der Waals surface area contributed by atoms with E-state index in [1.807, 2.05) is 36.2 Å². The minimum absolute atomic E-state index is 0.0520.